The van der Waals surface area contributed by atoms with Crippen LogP contribution in [-0.4, -0.2) is 30.4 Å². The quantitative estimate of drug-likeness (QED) is 0.598. The van der Waals surface area contributed by atoms with Crippen LogP contribution in [0.25, 0.3) is 6.08 Å². The van der Waals surface area contributed by atoms with Gasteiger partial charge in [-0.2, -0.15) is 0 Å². The zero-order valence-corrected chi connectivity index (χ0v) is 16.6. The number of fused-ring (bicyclic) bond motifs is 3. The van der Waals surface area contributed by atoms with Crippen molar-refractivity contribution in [3.05, 3.63) is 35.0 Å². The number of nitrogens with zero attached hydrogens (tertiary/aromatic N) is 1. The zero-order valence-electron chi connectivity index (χ0n) is 16.6. The fraction of sp³-hybridized carbons (Fsp3) is 0.609. The minimum atomic E-state index is 0.254. The fourth-order valence-corrected chi connectivity index (χ4v) is 4.10. The summed E-state index contributed by atoms with van der Waals surface area (Å²) in [6, 6.07) is 6.29. The third-order valence-corrected chi connectivity index (χ3v) is 5.98. The SMILES string of the molecule is CCCCC(CC)COc1ccc(/C=C2/C(=O)C3CCN2CC3)cc1C. The topological polar surface area (TPSA) is 29.5 Å². The molecule has 1 aromatic carbocycles. The number of ether oxygens (including phenoxy) is 1. The molecule has 1 aromatic rings. The molecule has 3 fully saturated rings. The van der Waals surface area contributed by atoms with Crippen molar-refractivity contribution >= 4 is 11.9 Å². The normalized spacial score (nSPS) is 20.0. The lowest BCUT2D eigenvalue weighted by molar-refractivity contribution is -0.125. The summed E-state index contributed by atoms with van der Waals surface area (Å²) in [7, 11) is 0. The molecule has 3 heteroatoms. The number of aryl methyl sites for hydroxylation is 1. The van der Waals surface area contributed by atoms with E-state index in [1.165, 1.54) is 25.7 Å². The first-order valence-corrected chi connectivity index (χ1v) is 10.4. The number of hydrogen-bond acceptors (Lipinski definition) is 3. The number of benzene rings is 1. The highest BCUT2D eigenvalue weighted by Crippen LogP contribution is 2.33. The van der Waals surface area contributed by atoms with E-state index in [0.29, 0.717) is 11.7 Å². The molecule has 1 unspecified atom stereocenters. The Morgan fingerprint density at radius 3 is 2.65 bits per heavy atom. The summed E-state index contributed by atoms with van der Waals surface area (Å²) in [6.45, 7) is 9.43. The number of unbranched alkanes of at least 4 members (excludes halogenated alkanes) is 1. The second-order valence-electron chi connectivity index (χ2n) is 7.91. The summed E-state index contributed by atoms with van der Waals surface area (Å²) in [4.78, 5) is 14.8. The molecule has 2 bridgehead atoms. The molecule has 0 aromatic heterocycles. The molecule has 1 atom stereocenters. The molecule has 0 amide bonds. The van der Waals surface area contributed by atoms with E-state index in [0.717, 1.165) is 55.1 Å². The maximum absolute atomic E-state index is 12.5. The number of piperidine rings is 3. The van der Waals surface area contributed by atoms with Crippen LogP contribution in [0.2, 0.25) is 0 Å². The van der Waals surface area contributed by atoms with Crippen LogP contribution in [0.15, 0.2) is 23.9 Å². The molecule has 3 aliphatic heterocycles. The number of rotatable bonds is 8. The molecular weight excluding hydrogens is 322 g/mol. The van der Waals surface area contributed by atoms with Crippen LogP contribution >= 0.6 is 0 Å². The van der Waals surface area contributed by atoms with Crippen LogP contribution in [0.3, 0.4) is 0 Å². The van der Waals surface area contributed by atoms with E-state index in [-0.39, 0.29) is 5.92 Å². The van der Waals surface area contributed by atoms with E-state index >= 15 is 0 Å². The van der Waals surface area contributed by atoms with Crippen molar-refractivity contribution in [3.63, 3.8) is 0 Å². The van der Waals surface area contributed by atoms with E-state index in [2.05, 4.69) is 49.9 Å². The number of carbonyl (C=O) groups is 1. The van der Waals surface area contributed by atoms with E-state index < -0.39 is 0 Å². The van der Waals surface area contributed by atoms with Gasteiger partial charge in [0, 0.05) is 19.0 Å². The lowest BCUT2D eigenvalue weighted by Gasteiger charge is -2.41. The molecule has 3 aliphatic rings. The number of hydrogen-bond donors (Lipinski definition) is 0. The van der Waals surface area contributed by atoms with Crippen LogP contribution in [0.5, 0.6) is 5.75 Å². The molecule has 142 valence electrons. The highest BCUT2D eigenvalue weighted by atomic mass is 16.5. The summed E-state index contributed by atoms with van der Waals surface area (Å²) in [5.74, 6) is 2.20. The fourth-order valence-electron chi connectivity index (χ4n) is 4.10. The maximum Gasteiger partial charge on any atom is 0.182 e. The second-order valence-corrected chi connectivity index (χ2v) is 7.91. The van der Waals surface area contributed by atoms with Gasteiger partial charge in [-0.15, -0.1) is 0 Å². The van der Waals surface area contributed by atoms with Crippen LogP contribution in [-0.2, 0) is 4.79 Å². The predicted molar refractivity (Wildman–Crippen MR) is 107 cm³/mol. The molecule has 26 heavy (non-hydrogen) atoms. The maximum atomic E-state index is 12.5. The Morgan fingerprint density at radius 1 is 1.27 bits per heavy atom. The molecule has 0 radical (unpaired) electrons. The lowest BCUT2D eigenvalue weighted by atomic mass is 9.84. The van der Waals surface area contributed by atoms with E-state index in [9.17, 15) is 4.79 Å². The first kappa shape index (κ1) is 19.0. The largest absolute Gasteiger partial charge is 0.493 e. The average molecular weight is 356 g/mol. The van der Waals surface area contributed by atoms with Crippen molar-refractivity contribution in [2.24, 2.45) is 11.8 Å². The number of ketones is 1. The molecule has 3 nitrogen and oxygen atoms in total. The Kier molecular flexibility index (Phi) is 6.39. The van der Waals surface area contributed by atoms with Crippen LogP contribution in [0, 0.1) is 18.8 Å². The molecule has 0 aliphatic carbocycles. The first-order valence-electron chi connectivity index (χ1n) is 10.4. The van der Waals surface area contributed by atoms with E-state index in [1.54, 1.807) is 0 Å². The van der Waals surface area contributed by atoms with Gasteiger partial charge in [-0.1, -0.05) is 39.2 Å². The Hall–Kier alpha value is -1.77. The molecule has 0 spiro atoms. The van der Waals surface area contributed by atoms with Gasteiger partial charge in [0.1, 0.15) is 5.75 Å². The van der Waals surface area contributed by atoms with Crippen molar-refractivity contribution in [1.82, 2.24) is 4.90 Å². The molecule has 0 saturated carbocycles. The van der Waals surface area contributed by atoms with E-state index in [4.69, 9.17) is 4.74 Å². The minimum Gasteiger partial charge on any atom is -0.493 e. The number of carbonyl (C=O) groups excluding carboxylic acids is 1. The van der Waals surface area contributed by atoms with Gasteiger partial charge in [0.05, 0.1) is 12.3 Å². The third kappa shape index (κ3) is 4.31. The Balaban J connectivity index is 1.66. The van der Waals surface area contributed by atoms with Crippen LogP contribution in [0.1, 0.15) is 63.5 Å². The molecule has 0 N–H and O–H groups in total. The number of Topliss-reactive ketones (excluding diaryl/α,β-unsaturated/α-hetero) is 1. The highest BCUT2D eigenvalue weighted by molar-refractivity contribution is 6.01. The Bertz CT molecular complexity index is 656. The van der Waals surface area contributed by atoms with Crippen LogP contribution < -0.4 is 4.74 Å². The van der Waals surface area contributed by atoms with Crippen molar-refractivity contribution in [2.45, 2.75) is 59.3 Å². The van der Waals surface area contributed by atoms with Gasteiger partial charge in [-0.3, -0.25) is 4.79 Å². The second kappa shape index (κ2) is 8.75. The Morgan fingerprint density at radius 2 is 2.04 bits per heavy atom. The first-order chi connectivity index (χ1) is 12.6. The lowest BCUT2D eigenvalue weighted by Crippen LogP contribution is -2.45. The van der Waals surface area contributed by atoms with Crippen molar-refractivity contribution in [2.75, 3.05) is 19.7 Å². The smallest absolute Gasteiger partial charge is 0.182 e. The average Bonchev–Trinajstić information content (AvgIpc) is 2.66. The monoisotopic (exact) mass is 355 g/mol. The van der Waals surface area contributed by atoms with Gasteiger partial charge in [0.2, 0.25) is 0 Å². The van der Waals surface area contributed by atoms with Crippen molar-refractivity contribution < 1.29 is 9.53 Å². The standard InChI is InChI=1S/C23H33NO2/c1-4-6-7-18(5-2)16-26-22-9-8-19(14-17(22)3)15-21-23(25)20-10-12-24(21)13-11-20/h8-9,14-15,18,20H,4-7,10-13,16H2,1-3H3/b21-15-. The molecular formula is C23H33NO2. The van der Waals surface area contributed by atoms with Gasteiger partial charge >= 0.3 is 0 Å². The van der Waals surface area contributed by atoms with E-state index in [1.807, 2.05) is 0 Å². The summed E-state index contributed by atoms with van der Waals surface area (Å²) in [6.07, 6.45) is 9.06. The molecule has 3 heterocycles. The van der Waals surface area contributed by atoms with Crippen molar-refractivity contribution in [3.8, 4) is 5.75 Å². The van der Waals surface area contributed by atoms with Gasteiger partial charge in [0.25, 0.3) is 0 Å². The third-order valence-electron chi connectivity index (χ3n) is 5.98. The summed E-state index contributed by atoms with van der Waals surface area (Å²) < 4.78 is 6.10. The molecule has 3 saturated heterocycles. The number of allylic oxidation sites excluding steroid dienone is 1. The highest BCUT2D eigenvalue weighted by Gasteiger charge is 2.36. The zero-order chi connectivity index (χ0) is 18.5. The minimum absolute atomic E-state index is 0.254. The van der Waals surface area contributed by atoms with Crippen LogP contribution in [0.4, 0.5) is 0 Å². The summed E-state index contributed by atoms with van der Waals surface area (Å²) in [5, 5.41) is 0. The van der Waals surface area contributed by atoms with Gasteiger partial charge in [-0.05, 0) is 61.4 Å². The predicted octanol–water partition coefficient (Wildman–Crippen LogP) is 5.23. The summed E-state index contributed by atoms with van der Waals surface area (Å²) >= 11 is 0. The van der Waals surface area contributed by atoms with Gasteiger partial charge in [0.15, 0.2) is 5.78 Å². The Labute approximate surface area is 158 Å². The van der Waals surface area contributed by atoms with Crippen molar-refractivity contribution in [1.29, 1.82) is 0 Å². The molecule has 4 rings (SSSR count). The van der Waals surface area contributed by atoms with Gasteiger partial charge < -0.3 is 9.64 Å². The van der Waals surface area contributed by atoms with Gasteiger partial charge in [-0.25, -0.2) is 0 Å². The summed E-state index contributed by atoms with van der Waals surface area (Å²) in [5.41, 5.74) is 3.16.